The van der Waals surface area contributed by atoms with Crippen molar-refractivity contribution < 1.29 is 8.78 Å². The van der Waals surface area contributed by atoms with Crippen LogP contribution in [0.15, 0.2) is 66.7 Å². The van der Waals surface area contributed by atoms with Gasteiger partial charge in [0.05, 0.1) is 6.04 Å². The Labute approximate surface area is 196 Å². The van der Waals surface area contributed by atoms with Crippen LogP contribution in [0.5, 0.6) is 0 Å². The average Bonchev–Trinajstić information content (AvgIpc) is 2.79. The van der Waals surface area contributed by atoms with Crippen LogP contribution in [0.4, 0.5) is 14.5 Å². The van der Waals surface area contributed by atoms with Crippen LogP contribution in [-0.2, 0) is 12.3 Å². The van der Waals surface area contributed by atoms with Crippen molar-refractivity contribution in [3.63, 3.8) is 0 Å². The highest BCUT2D eigenvalue weighted by Gasteiger charge is 2.23. The summed E-state index contributed by atoms with van der Waals surface area (Å²) < 4.78 is 27.1. The molecule has 3 aromatic rings. The Kier molecular flexibility index (Phi) is 8.01. The van der Waals surface area contributed by atoms with E-state index in [1.165, 1.54) is 29.5 Å². The molecule has 1 atom stereocenters. The fraction of sp³-hybridized carbons (Fsp3) is 0.345. The molecule has 1 unspecified atom stereocenters. The van der Waals surface area contributed by atoms with Gasteiger partial charge in [0, 0.05) is 30.0 Å². The van der Waals surface area contributed by atoms with Crippen LogP contribution >= 0.6 is 0 Å². The van der Waals surface area contributed by atoms with Gasteiger partial charge >= 0.3 is 0 Å². The Bertz CT molecular complexity index is 1050. The van der Waals surface area contributed by atoms with Crippen LogP contribution in [0, 0.1) is 11.3 Å². The molecule has 0 aliphatic heterocycles. The first-order chi connectivity index (χ1) is 15.7. The van der Waals surface area contributed by atoms with E-state index in [0.29, 0.717) is 5.92 Å². The fourth-order valence-electron chi connectivity index (χ4n) is 4.09. The molecule has 0 bridgehead atoms. The van der Waals surface area contributed by atoms with Crippen molar-refractivity contribution >= 4 is 11.9 Å². The molecule has 2 nitrogen and oxygen atoms in total. The quantitative estimate of drug-likeness (QED) is 0.299. The third kappa shape index (κ3) is 6.50. The van der Waals surface area contributed by atoms with Gasteiger partial charge in [-0.25, -0.2) is 8.78 Å². The fourth-order valence-corrected chi connectivity index (χ4v) is 4.09. The van der Waals surface area contributed by atoms with E-state index in [9.17, 15) is 8.78 Å². The summed E-state index contributed by atoms with van der Waals surface area (Å²) in [5, 5.41) is 11.6. The number of hydrogen-bond donors (Lipinski definition) is 2. The zero-order chi connectivity index (χ0) is 24.0. The monoisotopic (exact) mass is 448 g/mol. The van der Waals surface area contributed by atoms with E-state index in [4.69, 9.17) is 5.41 Å². The zero-order valence-corrected chi connectivity index (χ0v) is 20.0. The van der Waals surface area contributed by atoms with Crippen molar-refractivity contribution in [1.29, 1.82) is 5.41 Å². The molecule has 0 saturated heterocycles. The smallest absolute Gasteiger partial charge is 0.270 e. The highest BCUT2D eigenvalue weighted by molar-refractivity contribution is 5.88. The molecule has 0 amide bonds. The predicted octanol–water partition coefficient (Wildman–Crippen LogP) is 8.61. The molecule has 0 heterocycles. The Hall–Kier alpha value is -3.01. The summed E-state index contributed by atoms with van der Waals surface area (Å²) in [6, 6.07) is 21.2. The minimum absolute atomic E-state index is 0.00158. The number of nitrogens with one attached hydrogen (secondary N) is 2. The summed E-state index contributed by atoms with van der Waals surface area (Å²) >= 11 is 0. The minimum atomic E-state index is -2.85. The third-order valence-corrected chi connectivity index (χ3v) is 5.89. The summed E-state index contributed by atoms with van der Waals surface area (Å²) in [6.45, 7) is 7.52. The molecule has 0 aliphatic rings. The first kappa shape index (κ1) is 24.6. The molecule has 0 radical (unpaired) electrons. The van der Waals surface area contributed by atoms with Crippen LogP contribution < -0.4 is 5.32 Å². The van der Waals surface area contributed by atoms with Gasteiger partial charge in [-0.3, -0.25) is 0 Å². The average molecular weight is 449 g/mol. The molecule has 0 fully saturated rings. The van der Waals surface area contributed by atoms with Crippen molar-refractivity contribution in [2.45, 2.75) is 58.9 Å². The molecule has 0 aromatic heterocycles. The lowest BCUT2D eigenvalue weighted by atomic mass is 9.94. The summed E-state index contributed by atoms with van der Waals surface area (Å²) in [4.78, 5) is 0. The van der Waals surface area contributed by atoms with E-state index in [2.05, 4.69) is 50.4 Å². The van der Waals surface area contributed by atoms with Gasteiger partial charge in [-0.1, -0.05) is 81.8 Å². The molecule has 174 valence electrons. The molecular formula is C29H34F2N2. The van der Waals surface area contributed by atoms with Crippen molar-refractivity contribution in [2.24, 2.45) is 5.92 Å². The number of aryl methyl sites for hydroxylation is 1. The van der Waals surface area contributed by atoms with Crippen molar-refractivity contribution in [3.8, 4) is 11.1 Å². The Morgan fingerprint density at radius 3 is 2.12 bits per heavy atom. The SMILES string of the molecule is CCCc1ccc(C(CC(C)C)Nc2ccc(-c3ccc(C(C)(F)F)cc3)cc2C=N)cc1. The van der Waals surface area contributed by atoms with Gasteiger partial charge in [-0.05, 0) is 53.1 Å². The topological polar surface area (TPSA) is 35.9 Å². The largest absolute Gasteiger partial charge is 0.378 e. The van der Waals surface area contributed by atoms with E-state index in [-0.39, 0.29) is 11.6 Å². The molecule has 2 N–H and O–H groups in total. The van der Waals surface area contributed by atoms with Gasteiger partial charge in [0.1, 0.15) is 0 Å². The first-order valence-electron chi connectivity index (χ1n) is 11.7. The summed E-state index contributed by atoms with van der Waals surface area (Å²) in [5.41, 5.74) is 6.00. The predicted molar refractivity (Wildman–Crippen MR) is 136 cm³/mol. The number of halogens is 2. The summed E-state index contributed by atoms with van der Waals surface area (Å²) in [6.07, 6.45) is 4.53. The second kappa shape index (κ2) is 10.7. The molecule has 0 saturated carbocycles. The number of benzene rings is 3. The van der Waals surface area contributed by atoms with Crippen molar-refractivity contribution in [2.75, 3.05) is 5.32 Å². The third-order valence-electron chi connectivity index (χ3n) is 5.89. The van der Waals surface area contributed by atoms with E-state index in [1.54, 1.807) is 12.1 Å². The molecular weight excluding hydrogens is 414 g/mol. The lowest BCUT2D eigenvalue weighted by Gasteiger charge is -2.24. The van der Waals surface area contributed by atoms with Gasteiger partial charge in [0.2, 0.25) is 0 Å². The number of rotatable bonds is 10. The van der Waals surface area contributed by atoms with Crippen molar-refractivity contribution in [1.82, 2.24) is 0 Å². The molecule has 33 heavy (non-hydrogen) atoms. The second-order valence-electron chi connectivity index (χ2n) is 9.23. The maximum Gasteiger partial charge on any atom is 0.270 e. The van der Waals surface area contributed by atoms with E-state index in [1.807, 2.05) is 18.2 Å². The van der Waals surface area contributed by atoms with Crippen molar-refractivity contribution in [3.05, 3.63) is 89.0 Å². The molecule has 0 spiro atoms. The minimum Gasteiger partial charge on any atom is -0.378 e. The number of alkyl halides is 2. The lowest BCUT2D eigenvalue weighted by Crippen LogP contribution is -2.14. The molecule has 3 rings (SSSR count). The Balaban J connectivity index is 1.87. The highest BCUT2D eigenvalue weighted by Crippen LogP contribution is 2.32. The highest BCUT2D eigenvalue weighted by atomic mass is 19.3. The maximum atomic E-state index is 13.5. The maximum absolute atomic E-state index is 13.5. The van der Waals surface area contributed by atoms with Gasteiger partial charge in [0.25, 0.3) is 5.92 Å². The molecule has 3 aromatic carbocycles. The standard InChI is InChI=1S/C29H34F2N2/c1-5-6-21-7-9-23(10-8-21)28(17-20(2)3)33-27-16-13-24(18-25(27)19-32)22-11-14-26(15-12-22)29(4,30)31/h7-16,18-20,28,32-33H,5-6,17H2,1-4H3. The number of anilines is 1. The van der Waals surface area contributed by atoms with Gasteiger partial charge in [-0.15, -0.1) is 0 Å². The van der Waals surface area contributed by atoms with Crippen LogP contribution in [0.25, 0.3) is 11.1 Å². The van der Waals surface area contributed by atoms with Gasteiger partial charge < -0.3 is 10.7 Å². The lowest BCUT2D eigenvalue weighted by molar-refractivity contribution is 0.0175. The summed E-state index contributed by atoms with van der Waals surface area (Å²) in [7, 11) is 0. The zero-order valence-electron chi connectivity index (χ0n) is 20.0. The Morgan fingerprint density at radius 1 is 0.939 bits per heavy atom. The number of hydrogen-bond acceptors (Lipinski definition) is 2. The van der Waals surface area contributed by atoms with E-state index in [0.717, 1.165) is 48.6 Å². The Morgan fingerprint density at radius 2 is 1.58 bits per heavy atom. The second-order valence-corrected chi connectivity index (χ2v) is 9.23. The molecule has 0 aliphatic carbocycles. The van der Waals surface area contributed by atoms with Gasteiger partial charge in [0.15, 0.2) is 0 Å². The van der Waals surface area contributed by atoms with Gasteiger partial charge in [-0.2, -0.15) is 0 Å². The first-order valence-corrected chi connectivity index (χ1v) is 11.7. The van der Waals surface area contributed by atoms with Crippen LogP contribution in [0.3, 0.4) is 0 Å². The van der Waals surface area contributed by atoms with E-state index >= 15 is 0 Å². The van der Waals surface area contributed by atoms with E-state index < -0.39 is 5.92 Å². The summed E-state index contributed by atoms with van der Waals surface area (Å²) in [5.74, 6) is -2.34. The van der Waals surface area contributed by atoms with Crippen LogP contribution in [0.2, 0.25) is 0 Å². The normalized spacial score (nSPS) is 12.6. The van der Waals surface area contributed by atoms with Crippen LogP contribution in [-0.4, -0.2) is 6.21 Å². The molecule has 4 heteroatoms. The van der Waals surface area contributed by atoms with Crippen LogP contribution in [0.1, 0.15) is 68.8 Å².